The van der Waals surface area contributed by atoms with Crippen LogP contribution in [0, 0.1) is 6.92 Å². The van der Waals surface area contributed by atoms with Gasteiger partial charge in [0.2, 0.25) is 0 Å². The molecule has 1 aromatic heterocycles. The zero-order chi connectivity index (χ0) is 13.5. The predicted molar refractivity (Wildman–Crippen MR) is 80.3 cm³/mol. The van der Waals surface area contributed by atoms with E-state index in [2.05, 4.69) is 30.4 Å². The standard InChI is InChI=1S/C17H27NO/c1-3-13-18-17(16-12-11-14(2)19-16)15-9-7-5-4-6-8-10-15/h9,11-12,17-18H,3-8,10,13H2,1-2H3/b15-9+. The molecule has 0 aliphatic heterocycles. The number of hydrogen-bond donors (Lipinski definition) is 1. The van der Waals surface area contributed by atoms with Crippen LogP contribution in [0.25, 0.3) is 0 Å². The maximum Gasteiger partial charge on any atom is 0.125 e. The summed E-state index contributed by atoms with van der Waals surface area (Å²) >= 11 is 0. The molecule has 106 valence electrons. The highest BCUT2D eigenvalue weighted by Crippen LogP contribution is 2.29. The van der Waals surface area contributed by atoms with Gasteiger partial charge in [0.1, 0.15) is 11.5 Å². The van der Waals surface area contributed by atoms with Crippen LogP contribution < -0.4 is 5.32 Å². The van der Waals surface area contributed by atoms with Crippen LogP contribution in [0.3, 0.4) is 0 Å². The summed E-state index contributed by atoms with van der Waals surface area (Å²) in [6, 6.07) is 4.48. The van der Waals surface area contributed by atoms with E-state index in [1.807, 2.05) is 6.92 Å². The third-order valence-electron chi connectivity index (χ3n) is 3.84. The molecule has 0 saturated heterocycles. The van der Waals surface area contributed by atoms with Gasteiger partial charge in [-0.05, 0) is 63.3 Å². The molecule has 1 aliphatic rings. The highest BCUT2D eigenvalue weighted by molar-refractivity contribution is 5.22. The first-order valence-electron chi connectivity index (χ1n) is 7.80. The number of hydrogen-bond acceptors (Lipinski definition) is 2. The summed E-state index contributed by atoms with van der Waals surface area (Å²) < 4.78 is 5.86. The molecule has 0 fully saturated rings. The van der Waals surface area contributed by atoms with Crippen LogP contribution in [0.1, 0.15) is 69.4 Å². The molecule has 0 radical (unpaired) electrons. The minimum Gasteiger partial charge on any atom is -0.464 e. The Bertz CT molecular complexity index is 405. The number of furan rings is 1. The van der Waals surface area contributed by atoms with Crippen molar-refractivity contribution in [2.24, 2.45) is 0 Å². The van der Waals surface area contributed by atoms with Crippen LogP contribution in [-0.4, -0.2) is 6.54 Å². The lowest BCUT2D eigenvalue weighted by Gasteiger charge is -2.22. The monoisotopic (exact) mass is 261 g/mol. The molecule has 1 unspecified atom stereocenters. The van der Waals surface area contributed by atoms with Crippen molar-refractivity contribution in [1.29, 1.82) is 0 Å². The Kier molecular flexibility index (Phi) is 5.71. The van der Waals surface area contributed by atoms with E-state index in [9.17, 15) is 0 Å². The normalized spacial score (nSPS) is 21.3. The minimum absolute atomic E-state index is 0.284. The van der Waals surface area contributed by atoms with Crippen LogP contribution in [0.15, 0.2) is 28.2 Å². The summed E-state index contributed by atoms with van der Waals surface area (Å²) in [6.07, 6.45) is 11.4. The molecule has 2 heteroatoms. The molecule has 0 amide bonds. The summed E-state index contributed by atoms with van der Waals surface area (Å²) in [6.45, 7) is 5.28. The maximum atomic E-state index is 5.86. The van der Waals surface area contributed by atoms with Crippen molar-refractivity contribution in [3.63, 3.8) is 0 Å². The fourth-order valence-electron chi connectivity index (χ4n) is 2.79. The van der Waals surface area contributed by atoms with E-state index in [0.29, 0.717) is 0 Å². The Morgan fingerprint density at radius 1 is 1.21 bits per heavy atom. The zero-order valence-electron chi connectivity index (χ0n) is 12.4. The smallest absolute Gasteiger partial charge is 0.125 e. The molecular weight excluding hydrogens is 234 g/mol. The van der Waals surface area contributed by atoms with Crippen molar-refractivity contribution < 1.29 is 4.42 Å². The first-order chi connectivity index (χ1) is 9.31. The Morgan fingerprint density at radius 2 is 2.05 bits per heavy atom. The van der Waals surface area contributed by atoms with E-state index >= 15 is 0 Å². The van der Waals surface area contributed by atoms with Crippen molar-refractivity contribution >= 4 is 0 Å². The SMILES string of the molecule is CCCNC(/C1=C/CCCCCC1)c1ccc(C)o1. The molecular formula is C17H27NO. The molecule has 1 N–H and O–H groups in total. The van der Waals surface area contributed by atoms with Gasteiger partial charge in [-0.25, -0.2) is 0 Å². The van der Waals surface area contributed by atoms with Gasteiger partial charge in [-0.2, -0.15) is 0 Å². The average Bonchev–Trinajstić information content (AvgIpc) is 2.78. The lowest BCUT2D eigenvalue weighted by molar-refractivity contribution is 0.417. The van der Waals surface area contributed by atoms with Gasteiger partial charge >= 0.3 is 0 Å². The molecule has 1 heterocycles. The second-order valence-corrected chi connectivity index (χ2v) is 5.57. The van der Waals surface area contributed by atoms with Gasteiger partial charge in [0.25, 0.3) is 0 Å². The average molecular weight is 261 g/mol. The summed E-state index contributed by atoms with van der Waals surface area (Å²) in [4.78, 5) is 0. The fraction of sp³-hybridized carbons (Fsp3) is 0.647. The van der Waals surface area contributed by atoms with E-state index in [1.54, 1.807) is 0 Å². The first-order valence-corrected chi connectivity index (χ1v) is 7.80. The molecule has 0 saturated carbocycles. The topological polar surface area (TPSA) is 25.2 Å². The second kappa shape index (κ2) is 7.54. The van der Waals surface area contributed by atoms with Gasteiger partial charge in [-0.15, -0.1) is 0 Å². The zero-order valence-corrected chi connectivity index (χ0v) is 12.4. The lowest BCUT2D eigenvalue weighted by Crippen LogP contribution is -2.24. The molecule has 2 rings (SSSR count). The molecule has 0 spiro atoms. The van der Waals surface area contributed by atoms with Crippen molar-refractivity contribution in [3.8, 4) is 0 Å². The maximum absolute atomic E-state index is 5.86. The van der Waals surface area contributed by atoms with Crippen molar-refractivity contribution in [3.05, 3.63) is 35.3 Å². The van der Waals surface area contributed by atoms with Gasteiger partial charge in [-0.1, -0.05) is 25.8 Å². The summed E-state index contributed by atoms with van der Waals surface area (Å²) in [5.74, 6) is 2.09. The van der Waals surface area contributed by atoms with Crippen molar-refractivity contribution in [1.82, 2.24) is 5.32 Å². The van der Waals surface area contributed by atoms with E-state index in [-0.39, 0.29) is 6.04 Å². The van der Waals surface area contributed by atoms with E-state index < -0.39 is 0 Å². The van der Waals surface area contributed by atoms with Gasteiger partial charge in [0, 0.05) is 0 Å². The van der Waals surface area contributed by atoms with Gasteiger partial charge in [0.15, 0.2) is 0 Å². The number of allylic oxidation sites excluding steroid dienone is 1. The number of rotatable bonds is 5. The molecule has 0 aromatic carbocycles. The van der Waals surface area contributed by atoms with E-state index in [1.165, 1.54) is 44.1 Å². The fourth-order valence-corrected chi connectivity index (χ4v) is 2.79. The van der Waals surface area contributed by atoms with Crippen LogP contribution >= 0.6 is 0 Å². The summed E-state index contributed by atoms with van der Waals surface area (Å²) in [5.41, 5.74) is 1.53. The van der Waals surface area contributed by atoms with Crippen LogP contribution in [0.2, 0.25) is 0 Å². The van der Waals surface area contributed by atoms with Crippen molar-refractivity contribution in [2.45, 2.75) is 64.8 Å². The van der Waals surface area contributed by atoms with Crippen LogP contribution in [-0.2, 0) is 0 Å². The summed E-state index contributed by atoms with van der Waals surface area (Å²) in [7, 11) is 0. The Hall–Kier alpha value is -1.02. The Morgan fingerprint density at radius 3 is 2.79 bits per heavy atom. The van der Waals surface area contributed by atoms with E-state index in [4.69, 9.17) is 4.42 Å². The Labute approximate surface area is 117 Å². The van der Waals surface area contributed by atoms with Crippen LogP contribution in [0.5, 0.6) is 0 Å². The van der Waals surface area contributed by atoms with Crippen molar-refractivity contribution in [2.75, 3.05) is 6.54 Å². The summed E-state index contributed by atoms with van der Waals surface area (Å²) in [5, 5.41) is 3.65. The Balaban J connectivity index is 2.15. The van der Waals surface area contributed by atoms with Gasteiger partial charge in [-0.3, -0.25) is 0 Å². The van der Waals surface area contributed by atoms with E-state index in [0.717, 1.165) is 24.5 Å². The van der Waals surface area contributed by atoms with Gasteiger partial charge in [0.05, 0.1) is 6.04 Å². The molecule has 0 bridgehead atoms. The molecule has 19 heavy (non-hydrogen) atoms. The first kappa shape index (κ1) is 14.4. The quantitative estimate of drug-likeness (QED) is 0.762. The number of aryl methyl sites for hydroxylation is 1. The molecule has 1 atom stereocenters. The minimum atomic E-state index is 0.284. The molecule has 2 nitrogen and oxygen atoms in total. The highest BCUT2D eigenvalue weighted by Gasteiger charge is 2.19. The molecule has 1 aliphatic carbocycles. The third-order valence-corrected chi connectivity index (χ3v) is 3.84. The number of nitrogens with one attached hydrogen (secondary N) is 1. The highest BCUT2D eigenvalue weighted by atomic mass is 16.3. The van der Waals surface area contributed by atoms with Crippen LogP contribution in [0.4, 0.5) is 0 Å². The predicted octanol–water partition coefficient (Wildman–Crippen LogP) is 4.91. The third kappa shape index (κ3) is 4.24. The second-order valence-electron chi connectivity index (χ2n) is 5.57. The lowest BCUT2D eigenvalue weighted by atomic mass is 9.93. The largest absolute Gasteiger partial charge is 0.464 e. The molecule has 1 aromatic rings. The van der Waals surface area contributed by atoms with Gasteiger partial charge < -0.3 is 9.73 Å².